The Kier molecular flexibility index (Phi) is 9.87. The van der Waals surface area contributed by atoms with E-state index in [2.05, 4.69) is 40.8 Å². The molecule has 0 unspecified atom stereocenters. The number of imide groups is 1. The molecule has 1 heterocycles. The number of cyclic esters (lactones) is 1. The highest BCUT2D eigenvalue weighted by atomic mass is 28.4. The Bertz CT molecular complexity index is 541. The van der Waals surface area contributed by atoms with Crippen LogP contribution in [-0.2, 0) is 14.0 Å². The van der Waals surface area contributed by atoms with Gasteiger partial charge in [0.15, 0.2) is 8.32 Å². The van der Waals surface area contributed by atoms with E-state index in [0.717, 1.165) is 25.7 Å². The highest BCUT2D eigenvalue weighted by molar-refractivity contribution is 6.74. The summed E-state index contributed by atoms with van der Waals surface area (Å²) in [6, 6.07) is -0.152. The summed E-state index contributed by atoms with van der Waals surface area (Å²) < 4.78 is 11.9. The molecular weight excluding hydrogens is 382 g/mol. The van der Waals surface area contributed by atoms with Gasteiger partial charge in [-0.05, 0) is 43.3 Å². The van der Waals surface area contributed by atoms with Gasteiger partial charge in [-0.1, -0.05) is 67.7 Å². The summed E-state index contributed by atoms with van der Waals surface area (Å²) in [5.74, 6) is -0.120. The zero-order valence-corrected chi connectivity index (χ0v) is 21.3. The first kappa shape index (κ1) is 26.2. The Morgan fingerprint density at radius 3 is 2.31 bits per heavy atom. The maximum Gasteiger partial charge on any atom is 0.416 e. The predicted octanol–water partition coefficient (Wildman–Crippen LogP) is 6.38. The maximum absolute atomic E-state index is 13.0. The summed E-state index contributed by atoms with van der Waals surface area (Å²) in [7, 11) is -1.86. The molecule has 3 atom stereocenters. The lowest BCUT2D eigenvalue weighted by Gasteiger charge is -2.39. The van der Waals surface area contributed by atoms with Gasteiger partial charge < -0.3 is 9.16 Å². The van der Waals surface area contributed by atoms with Crippen LogP contribution in [0.15, 0.2) is 0 Å². The van der Waals surface area contributed by atoms with E-state index in [1.807, 2.05) is 20.8 Å². The van der Waals surface area contributed by atoms with E-state index in [0.29, 0.717) is 6.61 Å². The van der Waals surface area contributed by atoms with Gasteiger partial charge in [0, 0.05) is 12.0 Å². The van der Waals surface area contributed by atoms with Crippen LogP contribution in [0.5, 0.6) is 0 Å². The molecule has 1 saturated heterocycles. The fraction of sp³-hybridized carbons (Fsp3) is 0.913. The summed E-state index contributed by atoms with van der Waals surface area (Å²) in [5.41, 5.74) is 0. The van der Waals surface area contributed by atoms with Crippen LogP contribution in [0.4, 0.5) is 4.79 Å². The second kappa shape index (κ2) is 10.9. The molecule has 0 aliphatic carbocycles. The number of amides is 2. The summed E-state index contributed by atoms with van der Waals surface area (Å²) in [4.78, 5) is 26.4. The molecule has 0 bridgehead atoms. The minimum absolute atomic E-state index is 0.106. The maximum atomic E-state index is 13.0. The minimum Gasteiger partial charge on any atom is -0.447 e. The molecule has 6 heteroatoms. The van der Waals surface area contributed by atoms with Crippen LogP contribution in [0.2, 0.25) is 18.1 Å². The van der Waals surface area contributed by atoms with Crippen molar-refractivity contribution in [1.82, 2.24) is 4.90 Å². The lowest BCUT2D eigenvalue weighted by molar-refractivity contribution is -0.133. The molecule has 0 aromatic carbocycles. The number of nitrogens with zero attached hydrogens (tertiary/aromatic N) is 1. The first-order valence-corrected chi connectivity index (χ1v) is 14.4. The van der Waals surface area contributed by atoms with Crippen LogP contribution in [0.3, 0.4) is 0 Å². The molecule has 1 fully saturated rings. The van der Waals surface area contributed by atoms with Crippen LogP contribution in [0.1, 0.15) is 87.0 Å². The van der Waals surface area contributed by atoms with Crippen molar-refractivity contribution in [3.05, 3.63) is 0 Å². The SMILES string of the molecule is CCCCC[C@H](CC[C@H](C)C(=O)N1C(=O)OC[C@H]1C(C)C)O[Si](C)(C)C(C)(C)C. The highest BCUT2D eigenvalue weighted by Gasteiger charge is 2.42. The number of hydrogen-bond acceptors (Lipinski definition) is 4. The molecule has 0 radical (unpaired) electrons. The zero-order chi connectivity index (χ0) is 22.4. The molecule has 0 aromatic rings. The summed E-state index contributed by atoms with van der Waals surface area (Å²) >= 11 is 0. The molecule has 170 valence electrons. The van der Waals surface area contributed by atoms with E-state index in [-0.39, 0.29) is 34.9 Å². The predicted molar refractivity (Wildman–Crippen MR) is 121 cm³/mol. The van der Waals surface area contributed by atoms with Crippen molar-refractivity contribution >= 4 is 20.3 Å². The van der Waals surface area contributed by atoms with E-state index in [9.17, 15) is 9.59 Å². The van der Waals surface area contributed by atoms with Crippen LogP contribution in [-0.4, -0.2) is 44.0 Å². The van der Waals surface area contributed by atoms with E-state index >= 15 is 0 Å². The Balaban J connectivity index is 2.76. The minimum atomic E-state index is -1.86. The van der Waals surface area contributed by atoms with Gasteiger partial charge in [0.05, 0.1) is 6.04 Å². The third-order valence-electron chi connectivity index (χ3n) is 6.65. The monoisotopic (exact) mass is 427 g/mol. The van der Waals surface area contributed by atoms with Gasteiger partial charge in [0.25, 0.3) is 0 Å². The molecule has 1 rings (SSSR count). The van der Waals surface area contributed by atoms with Crippen molar-refractivity contribution in [2.75, 3.05) is 6.61 Å². The number of carbonyl (C=O) groups excluding carboxylic acids is 2. The Labute approximate surface area is 180 Å². The first-order chi connectivity index (χ1) is 13.3. The molecule has 2 amide bonds. The first-order valence-electron chi connectivity index (χ1n) is 11.5. The normalized spacial score (nSPS) is 20.1. The number of rotatable bonds is 11. The van der Waals surface area contributed by atoms with Crippen LogP contribution >= 0.6 is 0 Å². The number of unbranched alkanes of at least 4 members (excludes halogenated alkanes) is 2. The zero-order valence-electron chi connectivity index (χ0n) is 20.3. The van der Waals surface area contributed by atoms with Crippen molar-refractivity contribution < 1.29 is 18.8 Å². The second-order valence-electron chi connectivity index (χ2n) is 10.6. The molecule has 1 aliphatic heterocycles. The molecule has 0 aromatic heterocycles. The van der Waals surface area contributed by atoms with E-state index in [1.54, 1.807) is 0 Å². The van der Waals surface area contributed by atoms with E-state index < -0.39 is 14.4 Å². The van der Waals surface area contributed by atoms with Crippen molar-refractivity contribution in [3.8, 4) is 0 Å². The molecular formula is C23H45NO4Si. The van der Waals surface area contributed by atoms with Crippen molar-refractivity contribution in [3.63, 3.8) is 0 Å². The molecule has 0 saturated carbocycles. The van der Waals surface area contributed by atoms with Gasteiger partial charge in [-0.2, -0.15) is 0 Å². The number of carbonyl (C=O) groups is 2. The van der Waals surface area contributed by atoms with Gasteiger partial charge in [-0.3, -0.25) is 4.79 Å². The topological polar surface area (TPSA) is 55.8 Å². The third-order valence-corrected chi connectivity index (χ3v) is 11.2. The van der Waals surface area contributed by atoms with Gasteiger partial charge in [-0.25, -0.2) is 9.69 Å². The fourth-order valence-electron chi connectivity index (χ4n) is 3.45. The van der Waals surface area contributed by atoms with E-state index in [4.69, 9.17) is 9.16 Å². The number of hydrogen-bond donors (Lipinski definition) is 0. The second-order valence-corrected chi connectivity index (χ2v) is 15.3. The number of ether oxygens (including phenoxy) is 1. The van der Waals surface area contributed by atoms with Gasteiger partial charge in [-0.15, -0.1) is 0 Å². The molecule has 0 N–H and O–H groups in total. The fourth-order valence-corrected chi connectivity index (χ4v) is 4.88. The lowest BCUT2D eigenvalue weighted by atomic mass is 9.97. The Hall–Kier alpha value is -0.883. The van der Waals surface area contributed by atoms with Crippen LogP contribution in [0, 0.1) is 11.8 Å². The molecule has 29 heavy (non-hydrogen) atoms. The third kappa shape index (κ3) is 7.39. The average Bonchev–Trinajstić information content (AvgIpc) is 2.99. The van der Waals surface area contributed by atoms with E-state index in [1.165, 1.54) is 17.7 Å². The highest BCUT2D eigenvalue weighted by Crippen LogP contribution is 2.38. The van der Waals surface area contributed by atoms with Crippen molar-refractivity contribution in [1.29, 1.82) is 0 Å². The molecule has 5 nitrogen and oxygen atoms in total. The van der Waals surface area contributed by atoms with Crippen LogP contribution < -0.4 is 0 Å². The van der Waals surface area contributed by atoms with Crippen molar-refractivity contribution in [2.24, 2.45) is 11.8 Å². The Morgan fingerprint density at radius 2 is 1.79 bits per heavy atom. The van der Waals surface area contributed by atoms with Gasteiger partial charge >= 0.3 is 6.09 Å². The van der Waals surface area contributed by atoms with Gasteiger partial charge in [0.1, 0.15) is 6.61 Å². The Morgan fingerprint density at radius 1 is 1.17 bits per heavy atom. The van der Waals surface area contributed by atoms with Gasteiger partial charge in [0.2, 0.25) is 5.91 Å². The summed E-state index contributed by atoms with van der Waals surface area (Å²) in [6.45, 7) is 19.9. The average molecular weight is 428 g/mol. The largest absolute Gasteiger partial charge is 0.447 e. The standard InChI is InChI=1S/C23H45NO4Si/c1-10-11-12-13-19(28-29(8,9)23(5,6)7)15-14-18(4)21(25)24-20(17(2)3)16-27-22(24)26/h17-20H,10-16H2,1-9H3/t18-,19+,20-/m0/s1. The molecule has 0 spiro atoms. The summed E-state index contributed by atoms with van der Waals surface area (Å²) in [5, 5.41) is 0.168. The lowest BCUT2D eigenvalue weighted by Crippen LogP contribution is -2.45. The quantitative estimate of drug-likeness (QED) is 0.284. The summed E-state index contributed by atoms with van der Waals surface area (Å²) in [6.07, 6.45) is 5.89. The van der Waals surface area contributed by atoms with Crippen LogP contribution in [0.25, 0.3) is 0 Å². The molecule has 1 aliphatic rings. The van der Waals surface area contributed by atoms with Crippen molar-refractivity contribution in [2.45, 2.75) is 117 Å². The smallest absolute Gasteiger partial charge is 0.416 e.